The fraction of sp³-hybridized carbons (Fsp3) is 0.786. The Labute approximate surface area is 121 Å². The Kier molecular flexibility index (Phi) is 7.34. The molecule has 0 radical (unpaired) electrons. The van der Waals surface area contributed by atoms with Gasteiger partial charge in [-0.3, -0.25) is 0 Å². The molecule has 0 saturated heterocycles. The third kappa shape index (κ3) is 6.36. The third-order valence-electron chi connectivity index (χ3n) is 2.77. The molecule has 4 nitrogen and oxygen atoms in total. The molecule has 110 valence electrons. The second-order valence-corrected chi connectivity index (χ2v) is 6.38. The first-order valence-electron chi connectivity index (χ1n) is 7.07. The van der Waals surface area contributed by atoms with Gasteiger partial charge in [0.25, 0.3) is 0 Å². The number of rotatable bonds is 9. The van der Waals surface area contributed by atoms with Crippen molar-refractivity contribution in [3.05, 3.63) is 11.1 Å². The van der Waals surface area contributed by atoms with Crippen LogP contribution in [0.15, 0.2) is 5.38 Å². The lowest BCUT2D eigenvalue weighted by Crippen LogP contribution is -2.34. The Morgan fingerprint density at radius 3 is 2.63 bits per heavy atom. The van der Waals surface area contributed by atoms with E-state index in [1.54, 1.807) is 11.3 Å². The van der Waals surface area contributed by atoms with E-state index in [1.807, 2.05) is 0 Å². The van der Waals surface area contributed by atoms with Crippen molar-refractivity contribution in [1.29, 1.82) is 0 Å². The summed E-state index contributed by atoms with van der Waals surface area (Å²) in [7, 11) is 4.23. The number of nitrogens with one attached hydrogen (secondary N) is 1. The highest BCUT2D eigenvalue weighted by Gasteiger charge is 2.12. The molecule has 1 aromatic heterocycles. The van der Waals surface area contributed by atoms with Crippen molar-refractivity contribution in [1.82, 2.24) is 15.2 Å². The molecule has 1 aromatic rings. The molecule has 1 N–H and O–H groups in total. The van der Waals surface area contributed by atoms with E-state index in [0.717, 1.165) is 43.5 Å². The van der Waals surface area contributed by atoms with Crippen LogP contribution in [0.25, 0.3) is 0 Å². The fourth-order valence-electron chi connectivity index (χ4n) is 1.80. The molecule has 5 heteroatoms. The molecule has 0 aliphatic carbocycles. The average Bonchev–Trinajstić information content (AvgIpc) is 2.80. The topological polar surface area (TPSA) is 31.4 Å². The third-order valence-corrected chi connectivity index (χ3v) is 3.72. The molecule has 0 fully saturated rings. The molecule has 0 saturated carbocycles. The lowest BCUT2D eigenvalue weighted by atomic mass is 10.2. The molecule has 0 bridgehead atoms. The first-order chi connectivity index (χ1) is 9.02. The number of thiazole rings is 1. The monoisotopic (exact) mass is 284 g/mol. The first-order valence-corrected chi connectivity index (χ1v) is 7.95. The van der Waals surface area contributed by atoms with Crippen LogP contribution in [0.5, 0.6) is 0 Å². The van der Waals surface area contributed by atoms with Gasteiger partial charge in [-0.05, 0) is 26.6 Å². The minimum Gasteiger partial charge on any atom is -0.347 e. The maximum Gasteiger partial charge on any atom is 0.185 e. The van der Waals surface area contributed by atoms with E-state index in [4.69, 9.17) is 4.98 Å². The normalized spacial score (nSPS) is 11.5. The minimum atomic E-state index is 0.656. The number of anilines is 1. The molecule has 1 heterocycles. The molecule has 1 rings (SSSR count). The van der Waals surface area contributed by atoms with Crippen molar-refractivity contribution in [2.75, 3.05) is 45.2 Å². The van der Waals surface area contributed by atoms with E-state index in [9.17, 15) is 0 Å². The van der Waals surface area contributed by atoms with Crippen molar-refractivity contribution >= 4 is 16.5 Å². The Morgan fingerprint density at radius 2 is 2.05 bits per heavy atom. The highest BCUT2D eigenvalue weighted by atomic mass is 32.1. The maximum atomic E-state index is 4.74. The van der Waals surface area contributed by atoms with Crippen LogP contribution < -0.4 is 10.2 Å². The highest BCUT2D eigenvalue weighted by Crippen LogP contribution is 2.21. The standard InChI is InChI=1S/C14H28N4S/c1-6-15-9-13-11-19-14(16-13)18(10-12(2)3)8-7-17(4)5/h11-12,15H,6-10H2,1-5H3. The molecule has 0 atom stereocenters. The van der Waals surface area contributed by atoms with E-state index in [0.29, 0.717) is 5.92 Å². The number of nitrogens with zero attached hydrogens (tertiary/aromatic N) is 3. The van der Waals surface area contributed by atoms with Gasteiger partial charge in [-0.25, -0.2) is 4.98 Å². The van der Waals surface area contributed by atoms with Gasteiger partial charge in [0.1, 0.15) is 0 Å². The van der Waals surface area contributed by atoms with Gasteiger partial charge in [0.2, 0.25) is 0 Å². The summed E-state index contributed by atoms with van der Waals surface area (Å²) >= 11 is 1.76. The Bertz CT molecular complexity index is 349. The molecule has 19 heavy (non-hydrogen) atoms. The second-order valence-electron chi connectivity index (χ2n) is 5.54. The van der Waals surface area contributed by atoms with Crippen LogP contribution in [0.3, 0.4) is 0 Å². The molecule has 0 unspecified atom stereocenters. The number of hydrogen-bond acceptors (Lipinski definition) is 5. The second kappa shape index (κ2) is 8.51. The first kappa shape index (κ1) is 16.4. The lowest BCUT2D eigenvalue weighted by Gasteiger charge is -2.25. The van der Waals surface area contributed by atoms with E-state index in [1.165, 1.54) is 0 Å². The Hall–Kier alpha value is -0.650. The van der Waals surface area contributed by atoms with Crippen LogP contribution >= 0.6 is 11.3 Å². The quantitative estimate of drug-likeness (QED) is 0.754. The smallest absolute Gasteiger partial charge is 0.185 e. The highest BCUT2D eigenvalue weighted by molar-refractivity contribution is 7.13. The Morgan fingerprint density at radius 1 is 1.32 bits per heavy atom. The predicted octanol–water partition coefficient (Wildman–Crippen LogP) is 2.28. The molecule has 0 aliphatic heterocycles. The van der Waals surface area contributed by atoms with Crippen molar-refractivity contribution in [3.8, 4) is 0 Å². The van der Waals surface area contributed by atoms with Crippen LogP contribution in [-0.4, -0.2) is 50.2 Å². The molecule has 0 spiro atoms. The molecule has 0 aromatic carbocycles. The Balaban J connectivity index is 2.64. The van der Waals surface area contributed by atoms with Gasteiger partial charge < -0.3 is 15.1 Å². The maximum absolute atomic E-state index is 4.74. The molecular weight excluding hydrogens is 256 g/mol. The fourth-order valence-corrected chi connectivity index (χ4v) is 2.66. The van der Waals surface area contributed by atoms with Gasteiger partial charge in [0.15, 0.2) is 5.13 Å². The van der Waals surface area contributed by atoms with Gasteiger partial charge in [-0.2, -0.15) is 0 Å². The summed E-state index contributed by atoms with van der Waals surface area (Å²) < 4.78 is 0. The van der Waals surface area contributed by atoms with Crippen LogP contribution in [0.2, 0.25) is 0 Å². The van der Waals surface area contributed by atoms with Crippen molar-refractivity contribution in [2.24, 2.45) is 5.92 Å². The lowest BCUT2D eigenvalue weighted by molar-refractivity contribution is 0.409. The van der Waals surface area contributed by atoms with Crippen LogP contribution in [0.4, 0.5) is 5.13 Å². The van der Waals surface area contributed by atoms with E-state index < -0.39 is 0 Å². The van der Waals surface area contributed by atoms with Gasteiger partial charge in [0.05, 0.1) is 5.69 Å². The zero-order valence-corrected chi connectivity index (χ0v) is 13.8. The van der Waals surface area contributed by atoms with Gasteiger partial charge in [-0.15, -0.1) is 11.3 Å². The van der Waals surface area contributed by atoms with Crippen LogP contribution in [-0.2, 0) is 6.54 Å². The van der Waals surface area contributed by atoms with Gasteiger partial charge in [0, 0.05) is 31.6 Å². The predicted molar refractivity (Wildman–Crippen MR) is 85.1 cm³/mol. The van der Waals surface area contributed by atoms with E-state index in [-0.39, 0.29) is 0 Å². The summed E-state index contributed by atoms with van der Waals surface area (Å²) in [5.74, 6) is 0.656. The van der Waals surface area contributed by atoms with Gasteiger partial charge in [-0.1, -0.05) is 20.8 Å². The van der Waals surface area contributed by atoms with Crippen molar-refractivity contribution < 1.29 is 0 Å². The van der Waals surface area contributed by atoms with E-state index in [2.05, 4.69) is 55.4 Å². The number of likely N-dealkylation sites (N-methyl/N-ethyl adjacent to an activating group) is 1. The van der Waals surface area contributed by atoms with Crippen LogP contribution in [0, 0.1) is 5.92 Å². The summed E-state index contributed by atoms with van der Waals surface area (Å²) in [6.07, 6.45) is 0. The zero-order valence-electron chi connectivity index (χ0n) is 12.9. The average molecular weight is 284 g/mol. The summed E-state index contributed by atoms with van der Waals surface area (Å²) in [6.45, 7) is 11.7. The van der Waals surface area contributed by atoms with Gasteiger partial charge >= 0.3 is 0 Å². The van der Waals surface area contributed by atoms with Crippen LogP contribution in [0.1, 0.15) is 26.5 Å². The number of aromatic nitrogens is 1. The zero-order chi connectivity index (χ0) is 14.3. The summed E-state index contributed by atoms with van der Waals surface area (Å²) in [5, 5.41) is 6.65. The molecular formula is C14H28N4S. The molecule has 0 amide bonds. The number of hydrogen-bond donors (Lipinski definition) is 1. The van der Waals surface area contributed by atoms with Crippen molar-refractivity contribution in [2.45, 2.75) is 27.3 Å². The SMILES string of the molecule is CCNCc1csc(N(CCN(C)C)CC(C)C)n1. The van der Waals surface area contributed by atoms with Crippen molar-refractivity contribution in [3.63, 3.8) is 0 Å². The van der Waals surface area contributed by atoms with E-state index >= 15 is 0 Å². The largest absolute Gasteiger partial charge is 0.347 e. The summed E-state index contributed by atoms with van der Waals surface area (Å²) in [6, 6.07) is 0. The summed E-state index contributed by atoms with van der Waals surface area (Å²) in [5.41, 5.74) is 1.15. The molecule has 0 aliphatic rings. The summed E-state index contributed by atoms with van der Waals surface area (Å²) in [4.78, 5) is 9.37. The minimum absolute atomic E-state index is 0.656.